The number of nitrogens with zero attached hydrogens (tertiary/aromatic N) is 3. The van der Waals surface area contributed by atoms with E-state index in [0.29, 0.717) is 0 Å². The van der Waals surface area contributed by atoms with Crippen LogP contribution < -0.4 is 0 Å². The minimum absolute atomic E-state index is 0.147. The Morgan fingerprint density at radius 2 is 2.47 bits per heavy atom. The van der Waals surface area contributed by atoms with Crippen LogP contribution in [0, 0.1) is 11.3 Å². The van der Waals surface area contributed by atoms with Crippen molar-refractivity contribution in [2.75, 3.05) is 12.9 Å². The van der Waals surface area contributed by atoms with Crippen molar-refractivity contribution in [1.29, 1.82) is 5.26 Å². The second-order valence-electron chi connectivity index (χ2n) is 2.62. The van der Waals surface area contributed by atoms with Gasteiger partial charge in [0.15, 0.2) is 5.16 Å². The molecule has 1 aromatic rings. The lowest BCUT2D eigenvalue weighted by Crippen LogP contribution is -2.11. The van der Waals surface area contributed by atoms with E-state index in [2.05, 4.69) is 9.72 Å². The first-order valence-electron chi connectivity index (χ1n) is 3.97. The predicted octanol–water partition coefficient (Wildman–Crippen LogP) is -0.162. The SMILES string of the molecule is COC(=O)c1cnc([S@@](=O)CC#N)n1C. The van der Waals surface area contributed by atoms with Crippen molar-refractivity contribution in [2.45, 2.75) is 5.16 Å². The third-order valence-corrected chi connectivity index (χ3v) is 2.92. The van der Waals surface area contributed by atoms with Crippen LogP contribution in [0.3, 0.4) is 0 Å². The lowest BCUT2D eigenvalue weighted by atomic mass is 10.5. The van der Waals surface area contributed by atoms with Gasteiger partial charge in [-0.1, -0.05) is 0 Å². The molecule has 0 spiro atoms. The van der Waals surface area contributed by atoms with Gasteiger partial charge in [0.2, 0.25) is 0 Å². The molecule has 7 heteroatoms. The van der Waals surface area contributed by atoms with Crippen LogP contribution in [0.4, 0.5) is 0 Å². The van der Waals surface area contributed by atoms with Crippen LogP contribution in [-0.2, 0) is 22.6 Å². The number of carbonyl (C=O) groups is 1. The van der Waals surface area contributed by atoms with Crippen molar-refractivity contribution >= 4 is 16.8 Å². The van der Waals surface area contributed by atoms with E-state index in [9.17, 15) is 9.00 Å². The van der Waals surface area contributed by atoms with Gasteiger partial charge in [-0.05, 0) is 0 Å². The highest BCUT2D eigenvalue weighted by Gasteiger charge is 2.17. The molecule has 6 nitrogen and oxygen atoms in total. The average molecular weight is 227 g/mol. The molecule has 0 fully saturated rings. The molecule has 0 aliphatic rings. The van der Waals surface area contributed by atoms with E-state index >= 15 is 0 Å². The predicted molar refractivity (Wildman–Crippen MR) is 51.4 cm³/mol. The third-order valence-electron chi connectivity index (χ3n) is 1.74. The van der Waals surface area contributed by atoms with Crippen LogP contribution in [0.2, 0.25) is 0 Å². The normalized spacial score (nSPS) is 11.8. The first kappa shape index (κ1) is 11.4. The number of imidazole rings is 1. The molecule has 0 amide bonds. The molecule has 0 aromatic carbocycles. The van der Waals surface area contributed by atoms with Gasteiger partial charge in [-0.3, -0.25) is 4.21 Å². The van der Waals surface area contributed by atoms with Gasteiger partial charge in [0.1, 0.15) is 22.2 Å². The zero-order valence-corrected chi connectivity index (χ0v) is 9.08. The molecule has 1 atom stereocenters. The summed E-state index contributed by atoms with van der Waals surface area (Å²) in [5.41, 5.74) is 0.207. The molecule has 1 heterocycles. The Bertz CT molecular complexity index is 446. The molecular weight excluding hydrogens is 218 g/mol. The van der Waals surface area contributed by atoms with Gasteiger partial charge < -0.3 is 9.30 Å². The second-order valence-corrected chi connectivity index (χ2v) is 3.97. The van der Waals surface area contributed by atoms with Crippen LogP contribution in [0.15, 0.2) is 11.4 Å². The fourth-order valence-electron chi connectivity index (χ4n) is 1.02. The molecule has 15 heavy (non-hydrogen) atoms. The zero-order valence-electron chi connectivity index (χ0n) is 8.26. The van der Waals surface area contributed by atoms with Crippen LogP contribution >= 0.6 is 0 Å². The number of ether oxygens (including phenoxy) is 1. The quantitative estimate of drug-likeness (QED) is 0.670. The van der Waals surface area contributed by atoms with Gasteiger partial charge in [0.25, 0.3) is 0 Å². The van der Waals surface area contributed by atoms with E-state index in [1.165, 1.54) is 17.9 Å². The van der Waals surface area contributed by atoms with Crippen molar-refractivity contribution < 1.29 is 13.7 Å². The number of rotatable bonds is 3. The fraction of sp³-hybridized carbons (Fsp3) is 0.375. The van der Waals surface area contributed by atoms with Gasteiger partial charge in [0, 0.05) is 7.05 Å². The molecule has 0 aliphatic heterocycles. The summed E-state index contributed by atoms with van der Waals surface area (Å²) in [5, 5.41) is 8.57. The van der Waals surface area contributed by atoms with Crippen molar-refractivity contribution in [3.8, 4) is 6.07 Å². The Labute approximate surface area is 88.9 Å². The maximum Gasteiger partial charge on any atom is 0.356 e. The standard InChI is InChI=1S/C8H9N3O3S/c1-11-6(7(12)14-2)5-10-8(11)15(13)4-3-9/h5H,4H2,1-2H3/t15-/m0/s1. The fourth-order valence-corrected chi connectivity index (χ4v) is 1.84. The third kappa shape index (κ3) is 2.22. The van der Waals surface area contributed by atoms with E-state index in [-0.39, 0.29) is 16.6 Å². The molecule has 0 saturated carbocycles. The first-order valence-corrected chi connectivity index (χ1v) is 5.29. The van der Waals surface area contributed by atoms with Gasteiger partial charge in [-0.15, -0.1) is 0 Å². The smallest absolute Gasteiger partial charge is 0.356 e. The number of esters is 1. The Hall–Kier alpha value is -1.68. The minimum atomic E-state index is -1.51. The highest BCUT2D eigenvalue weighted by molar-refractivity contribution is 7.85. The topological polar surface area (TPSA) is 85.0 Å². The van der Waals surface area contributed by atoms with E-state index in [4.69, 9.17) is 5.26 Å². The van der Waals surface area contributed by atoms with Crippen molar-refractivity contribution in [1.82, 2.24) is 9.55 Å². The van der Waals surface area contributed by atoms with E-state index in [1.807, 2.05) is 0 Å². The van der Waals surface area contributed by atoms with Crippen molar-refractivity contribution in [2.24, 2.45) is 7.05 Å². The molecule has 0 radical (unpaired) electrons. The average Bonchev–Trinajstić information content (AvgIpc) is 2.59. The summed E-state index contributed by atoms with van der Waals surface area (Å²) < 4.78 is 17.3. The first-order chi connectivity index (χ1) is 7.11. The lowest BCUT2D eigenvalue weighted by Gasteiger charge is -2.01. The van der Waals surface area contributed by atoms with Crippen LogP contribution in [0.25, 0.3) is 0 Å². The molecule has 80 valence electrons. The van der Waals surface area contributed by atoms with Gasteiger partial charge in [0.05, 0.1) is 19.4 Å². The number of carbonyl (C=O) groups excluding carboxylic acids is 1. The Morgan fingerprint density at radius 3 is 3.00 bits per heavy atom. The molecule has 0 unspecified atom stereocenters. The van der Waals surface area contributed by atoms with Crippen molar-refractivity contribution in [3.05, 3.63) is 11.9 Å². The zero-order chi connectivity index (χ0) is 11.4. The van der Waals surface area contributed by atoms with Gasteiger partial charge in [-0.2, -0.15) is 5.26 Å². The molecular formula is C8H9N3O3S. The summed E-state index contributed by atoms with van der Waals surface area (Å²) in [6.07, 6.45) is 1.27. The second kappa shape index (κ2) is 4.70. The molecule has 0 saturated heterocycles. The van der Waals surface area contributed by atoms with E-state index in [0.717, 1.165) is 0 Å². The Morgan fingerprint density at radius 1 is 1.80 bits per heavy atom. The molecule has 0 aliphatic carbocycles. The molecule has 0 N–H and O–H groups in total. The molecule has 1 aromatic heterocycles. The largest absolute Gasteiger partial charge is 0.464 e. The maximum absolute atomic E-state index is 11.4. The van der Waals surface area contributed by atoms with E-state index < -0.39 is 16.8 Å². The number of aromatic nitrogens is 2. The van der Waals surface area contributed by atoms with Gasteiger partial charge >= 0.3 is 5.97 Å². The summed E-state index contributed by atoms with van der Waals surface area (Å²) in [7, 11) is 1.29. The maximum atomic E-state index is 11.4. The minimum Gasteiger partial charge on any atom is -0.464 e. The van der Waals surface area contributed by atoms with Gasteiger partial charge in [-0.25, -0.2) is 9.78 Å². The summed E-state index contributed by atoms with van der Waals surface area (Å²) in [5.74, 6) is -0.698. The highest BCUT2D eigenvalue weighted by Crippen LogP contribution is 2.08. The van der Waals surface area contributed by atoms with E-state index in [1.54, 1.807) is 13.1 Å². The summed E-state index contributed by atoms with van der Waals surface area (Å²) in [6, 6.07) is 1.78. The monoisotopic (exact) mass is 227 g/mol. The number of methoxy groups -OCH3 is 1. The highest BCUT2D eigenvalue weighted by atomic mass is 32.2. The van der Waals surface area contributed by atoms with Crippen LogP contribution in [0.1, 0.15) is 10.5 Å². The molecule has 1 rings (SSSR count). The van der Waals surface area contributed by atoms with Crippen LogP contribution in [-0.4, -0.2) is 32.6 Å². The van der Waals surface area contributed by atoms with Crippen LogP contribution in [0.5, 0.6) is 0 Å². The van der Waals surface area contributed by atoms with Crippen molar-refractivity contribution in [3.63, 3.8) is 0 Å². The molecule has 0 bridgehead atoms. The number of hydrogen-bond acceptors (Lipinski definition) is 5. The lowest BCUT2D eigenvalue weighted by molar-refractivity contribution is 0.0589. The summed E-state index contributed by atoms with van der Waals surface area (Å²) >= 11 is 0. The summed E-state index contributed by atoms with van der Waals surface area (Å²) in [4.78, 5) is 15.0. The Balaban J connectivity index is 3.05. The summed E-state index contributed by atoms with van der Waals surface area (Å²) in [6.45, 7) is 0. The number of nitriles is 1. The Kier molecular flexibility index (Phi) is 3.57. The number of hydrogen-bond donors (Lipinski definition) is 0.